The molecule has 1 aliphatic carbocycles. The van der Waals surface area contributed by atoms with E-state index in [4.69, 9.17) is 0 Å². The van der Waals surface area contributed by atoms with Crippen LogP contribution >= 0.6 is 23.1 Å². The van der Waals surface area contributed by atoms with E-state index >= 15 is 0 Å². The van der Waals surface area contributed by atoms with Crippen LogP contribution in [0.5, 0.6) is 0 Å². The number of carbonyl (C=O) groups excluding carboxylic acids is 2. The number of aryl methyl sites for hydroxylation is 2. The van der Waals surface area contributed by atoms with Crippen LogP contribution in [0.15, 0.2) is 51.1 Å². The summed E-state index contributed by atoms with van der Waals surface area (Å²) in [5.41, 5.74) is 5.12. The number of thioether (sulfide) groups is 1. The van der Waals surface area contributed by atoms with Gasteiger partial charge in [0.25, 0.3) is 5.91 Å². The van der Waals surface area contributed by atoms with Crippen LogP contribution in [0.1, 0.15) is 69.4 Å². The molecule has 34 heavy (non-hydrogen) atoms. The minimum Gasteiger partial charge on any atom is -0.362 e. The molecular formula is C27H33N3O2S2. The molecule has 7 heteroatoms. The van der Waals surface area contributed by atoms with Crippen LogP contribution in [-0.2, 0) is 16.0 Å². The van der Waals surface area contributed by atoms with E-state index in [9.17, 15) is 9.59 Å². The highest BCUT2D eigenvalue weighted by Crippen LogP contribution is 2.50. The lowest BCUT2D eigenvalue weighted by Gasteiger charge is -2.39. The molecule has 1 atom stereocenters. The largest absolute Gasteiger partial charge is 0.362 e. The summed E-state index contributed by atoms with van der Waals surface area (Å²) in [4.78, 5) is 32.9. The van der Waals surface area contributed by atoms with Gasteiger partial charge in [-0.2, -0.15) is 0 Å². The van der Waals surface area contributed by atoms with Crippen molar-refractivity contribution in [2.45, 2.75) is 70.9 Å². The highest BCUT2D eigenvalue weighted by Gasteiger charge is 2.43. The van der Waals surface area contributed by atoms with Crippen molar-refractivity contribution in [2.75, 3.05) is 11.1 Å². The third kappa shape index (κ3) is 4.86. The SMILES string of the molecule is CCSc1sc(CC)cc1C1C(C(=O)Nc2cc(C)ccn2)=C(C)NC2=C1C(=O)CC(C)(C)C2. The number of Topliss-reactive ketones (excluding diaryl/α,β-unsaturated/α-hetero) is 1. The highest BCUT2D eigenvalue weighted by atomic mass is 32.2. The fourth-order valence-electron chi connectivity index (χ4n) is 4.90. The van der Waals surface area contributed by atoms with Crippen molar-refractivity contribution >= 4 is 40.6 Å². The molecule has 0 saturated heterocycles. The van der Waals surface area contributed by atoms with Crippen LogP contribution in [0, 0.1) is 12.3 Å². The Balaban J connectivity index is 1.86. The molecule has 0 aromatic carbocycles. The van der Waals surface area contributed by atoms with Gasteiger partial charge in [0.1, 0.15) is 5.82 Å². The molecule has 1 aliphatic heterocycles. The van der Waals surface area contributed by atoms with E-state index in [1.807, 2.05) is 26.0 Å². The average molecular weight is 496 g/mol. The molecule has 0 saturated carbocycles. The Morgan fingerprint density at radius 1 is 1.26 bits per heavy atom. The zero-order valence-corrected chi connectivity index (χ0v) is 22.4. The van der Waals surface area contributed by atoms with E-state index in [2.05, 4.69) is 49.4 Å². The number of anilines is 1. The Labute approximate surface area is 210 Å². The van der Waals surface area contributed by atoms with Gasteiger partial charge >= 0.3 is 0 Å². The molecule has 4 rings (SSSR count). The first-order valence-electron chi connectivity index (χ1n) is 11.9. The van der Waals surface area contributed by atoms with E-state index in [-0.39, 0.29) is 23.0 Å². The van der Waals surface area contributed by atoms with Crippen LogP contribution < -0.4 is 10.6 Å². The standard InChI is InChI=1S/C27H33N3O2S2/c1-7-17-12-18(26(34-17)33-8-2)23-22(25(32)30-21-11-15(3)9-10-28-21)16(4)29-19-13-27(5,6)14-20(31)24(19)23/h9-12,23,29H,7-8,13-14H2,1-6H3,(H,28,30,32). The van der Waals surface area contributed by atoms with Gasteiger partial charge < -0.3 is 10.6 Å². The Kier molecular flexibility index (Phi) is 7.06. The molecule has 2 aliphatic rings. The van der Waals surface area contributed by atoms with Crippen LogP contribution in [0.2, 0.25) is 0 Å². The number of aromatic nitrogens is 1. The predicted octanol–water partition coefficient (Wildman–Crippen LogP) is 6.37. The minimum atomic E-state index is -0.379. The van der Waals surface area contributed by atoms with Crippen molar-refractivity contribution in [2.24, 2.45) is 5.41 Å². The second-order valence-corrected chi connectivity index (χ2v) is 12.5. The van der Waals surface area contributed by atoms with Gasteiger partial charge in [0.05, 0.1) is 4.21 Å². The van der Waals surface area contributed by atoms with Gasteiger partial charge in [-0.1, -0.05) is 27.7 Å². The van der Waals surface area contributed by atoms with E-state index in [1.165, 1.54) is 9.09 Å². The Bertz CT molecular complexity index is 1210. The molecule has 3 heterocycles. The number of amides is 1. The van der Waals surface area contributed by atoms with Crippen molar-refractivity contribution < 1.29 is 9.59 Å². The van der Waals surface area contributed by atoms with Crippen molar-refractivity contribution in [1.82, 2.24) is 10.3 Å². The maximum absolute atomic E-state index is 13.7. The van der Waals surface area contributed by atoms with Gasteiger partial charge in [-0.3, -0.25) is 9.59 Å². The average Bonchev–Trinajstić information content (AvgIpc) is 3.14. The molecular weight excluding hydrogens is 462 g/mol. The second kappa shape index (κ2) is 9.70. The maximum atomic E-state index is 13.7. The number of nitrogens with zero attached hydrogens (tertiary/aromatic N) is 1. The van der Waals surface area contributed by atoms with E-state index < -0.39 is 0 Å². The number of allylic oxidation sites excluding steroid dienone is 3. The van der Waals surface area contributed by atoms with E-state index in [1.54, 1.807) is 29.3 Å². The van der Waals surface area contributed by atoms with Crippen molar-refractivity contribution in [3.05, 3.63) is 62.9 Å². The molecule has 0 radical (unpaired) electrons. The summed E-state index contributed by atoms with van der Waals surface area (Å²) in [5, 5.41) is 6.45. The van der Waals surface area contributed by atoms with Crippen LogP contribution in [0.3, 0.4) is 0 Å². The lowest BCUT2D eigenvalue weighted by molar-refractivity contribution is -0.118. The molecule has 180 valence electrons. The first-order valence-corrected chi connectivity index (χ1v) is 13.7. The number of pyridine rings is 1. The normalized spacial score (nSPS) is 19.7. The number of nitrogens with one attached hydrogen (secondary N) is 2. The van der Waals surface area contributed by atoms with Gasteiger partial charge in [-0.05, 0) is 67.2 Å². The quantitative estimate of drug-likeness (QED) is 0.456. The first kappa shape index (κ1) is 24.7. The van der Waals surface area contributed by atoms with Crippen LogP contribution in [-0.4, -0.2) is 22.4 Å². The third-order valence-corrected chi connectivity index (χ3v) is 8.83. The zero-order valence-electron chi connectivity index (χ0n) is 20.8. The lowest BCUT2D eigenvalue weighted by atomic mass is 9.69. The molecule has 0 fully saturated rings. The summed E-state index contributed by atoms with van der Waals surface area (Å²) >= 11 is 3.57. The summed E-state index contributed by atoms with van der Waals surface area (Å²) < 4.78 is 1.20. The molecule has 2 aromatic heterocycles. The predicted molar refractivity (Wildman–Crippen MR) is 141 cm³/mol. The van der Waals surface area contributed by atoms with Gasteiger partial charge in [0, 0.05) is 46.0 Å². The smallest absolute Gasteiger partial charge is 0.255 e. The number of dihydropyridines is 1. The molecule has 2 aromatic rings. The Morgan fingerprint density at radius 2 is 2.03 bits per heavy atom. The minimum absolute atomic E-state index is 0.108. The van der Waals surface area contributed by atoms with Gasteiger partial charge in [0.15, 0.2) is 5.78 Å². The lowest BCUT2D eigenvalue weighted by Crippen LogP contribution is -2.39. The molecule has 1 amide bonds. The molecule has 5 nitrogen and oxygen atoms in total. The van der Waals surface area contributed by atoms with E-state index in [0.29, 0.717) is 17.8 Å². The van der Waals surface area contributed by atoms with E-state index in [0.717, 1.165) is 46.7 Å². The number of hydrogen-bond donors (Lipinski definition) is 2. The van der Waals surface area contributed by atoms with Crippen LogP contribution in [0.25, 0.3) is 0 Å². The monoisotopic (exact) mass is 495 g/mol. The highest BCUT2D eigenvalue weighted by molar-refractivity contribution is 8.01. The Morgan fingerprint density at radius 3 is 2.71 bits per heavy atom. The summed E-state index contributed by atoms with van der Waals surface area (Å²) in [7, 11) is 0. The third-order valence-electron chi connectivity index (χ3n) is 6.35. The maximum Gasteiger partial charge on any atom is 0.255 e. The zero-order chi connectivity index (χ0) is 24.6. The Hall–Kier alpha value is -2.38. The molecule has 0 bridgehead atoms. The van der Waals surface area contributed by atoms with Crippen molar-refractivity contribution in [3.8, 4) is 0 Å². The number of carbonyl (C=O) groups is 2. The number of thiophene rings is 1. The fourth-order valence-corrected chi connectivity index (χ4v) is 7.27. The van der Waals surface area contributed by atoms with Gasteiger partial charge in [-0.15, -0.1) is 23.1 Å². The second-order valence-electron chi connectivity index (χ2n) is 9.84. The van der Waals surface area contributed by atoms with Crippen molar-refractivity contribution in [3.63, 3.8) is 0 Å². The number of ketones is 1. The topological polar surface area (TPSA) is 71.1 Å². The summed E-state index contributed by atoms with van der Waals surface area (Å²) in [5.74, 6) is 0.991. The van der Waals surface area contributed by atoms with Gasteiger partial charge in [-0.25, -0.2) is 4.98 Å². The molecule has 1 unspecified atom stereocenters. The summed E-state index contributed by atoms with van der Waals surface area (Å²) in [6, 6.07) is 5.97. The molecule has 0 spiro atoms. The fraction of sp³-hybridized carbons (Fsp3) is 0.444. The summed E-state index contributed by atoms with van der Waals surface area (Å²) in [6.07, 6.45) is 3.89. The van der Waals surface area contributed by atoms with Gasteiger partial charge in [0.2, 0.25) is 0 Å². The van der Waals surface area contributed by atoms with Crippen molar-refractivity contribution in [1.29, 1.82) is 0 Å². The first-order chi connectivity index (χ1) is 16.1. The number of rotatable bonds is 6. The number of hydrogen-bond acceptors (Lipinski definition) is 6. The van der Waals surface area contributed by atoms with Crippen LogP contribution in [0.4, 0.5) is 5.82 Å². The molecule has 2 N–H and O–H groups in total. The summed E-state index contributed by atoms with van der Waals surface area (Å²) in [6.45, 7) is 12.5.